The van der Waals surface area contributed by atoms with E-state index in [1.54, 1.807) is 0 Å². The number of rotatable bonds is 4. The van der Waals surface area contributed by atoms with E-state index in [9.17, 15) is 0 Å². The van der Waals surface area contributed by atoms with Gasteiger partial charge in [-0.15, -0.1) is 0 Å². The minimum Gasteiger partial charge on any atom is -0.311 e. The molecule has 0 aromatic heterocycles. The van der Waals surface area contributed by atoms with E-state index in [0.29, 0.717) is 5.56 Å². The molecule has 2 aliphatic heterocycles. The van der Waals surface area contributed by atoms with Crippen molar-refractivity contribution in [3.63, 3.8) is 0 Å². The van der Waals surface area contributed by atoms with Gasteiger partial charge in [0, 0.05) is 38.1 Å². The third kappa shape index (κ3) is 7.16. The van der Waals surface area contributed by atoms with Gasteiger partial charge in [0.15, 0.2) is 0 Å². The molecule has 3 aliphatic rings. The van der Waals surface area contributed by atoms with E-state index in [0.717, 1.165) is 62.7 Å². The van der Waals surface area contributed by atoms with Crippen LogP contribution in [0.2, 0.25) is 0 Å². The Morgan fingerprint density at radius 2 is 0.969 bits per heavy atom. The first-order valence-electron chi connectivity index (χ1n) is 25.3. The zero-order valence-corrected chi connectivity index (χ0v) is 41.0. The second kappa shape index (κ2) is 14.6. The quantitative estimate of drug-likeness (QED) is 0.163. The van der Waals surface area contributed by atoms with Gasteiger partial charge in [-0.25, -0.2) is 0 Å². The van der Waals surface area contributed by atoms with Gasteiger partial charge in [-0.1, -0.05) is 181 Å². The average Bonchev–Trinajstić information content (AvgIpc) is 3.45. The molecule has 0 radical (unpaired) electrons. The molecule has 2 heterocycles. The summed E-state index contributed by atoms with van der Waals surface area (Å²) in [4.78, 5) is 4.81. The minimum absolute atomic E-state index is 0.0275. The fourth-order valence-electron chi connectivity index (χ4n) is 11.5. The topological polar surface area (TPSA) is 6.48 Å². The molecule has 0 amide bonds. The van der Waals surface area contributed by atoms with Gasteiger partial charge in [-0.2, -0.15) is 0 Å². The van der Waals surface area contributed by atoms with Crippen molar-refractivity contribution in [3.05, 3.63) is 173 Å². The highest BCUT2D eigenvalue weighted by atomic mass is 15.2. The maximum absolute atomic E-state index is 9.11. The van der Waals surface area contributed by atoms with E-state index in [-0.39, 0.29) is 33.8 Å². The molecular formula is C62H67BN2. The van der Waals surface area contributed by atoms with E-state index in [1.807, 2.05) is 12.1 Å². The molecule has 328 valence electrons. The first-order valence-corrected chi connectivity index (χ1v) is 23.8. The van der Waals surface area contributed by atoms with E-state index in [4.69, 9.17) is 4.11 Å². The fraction of sp³-hybridized carbons (Fsp3) is 0.323. The van der Waals surface area contributed by atoms with Crippen molar-refractivity contribution in [2.75, 3.05) is 9.80 Å². The molecule has 0 atom stereocenters. The summed E-state index contributed by atoms with van der Waals surface area (Å²) in [5.41, 5.74) is 20.7. The van der Waals surface area contributed by atoms with Crippen molar-refractivity contribution in [1.82, 2.24) is 0 Å². The molecule has 3 heteroatoms. The molecule has 0 unspecified atom stereocenters. The van der Waals surface area contributed by atoms with Gasteiger partial charge in [0.05, 0.1) is 5.69 Å². The molecular weight excluding hydrogens is 784 g/mol. The molecule has 2 nitrogen and oxygen atoms in total. The van der Waals surface area contributed by atoms with Gasteiger partial charge < -0.3 is 9.80 Å². The lowest BCUT2D eigenvalue weighted by Gasteiger charge is -2.45. The van der Waals surface area contributed by atoms with Crippen LogP contribution in [0.1, 0.15) is 134 Å². The number of benzene rings is 7. The molecule has 7 aromatic rings. The molecule has 0 spiro atoms. The van der Waals surface area contributed by atoms with Gasteiger partial charge in [-0.05, 0) is 155 Å². The zero-order chi connectivity index (χ0) is 48.7. The Hall–Kier alpha value is -5.80. The maximum Gasteiger partial charge on any atom is 0.252 e. The lowest BCUT2D eigenvalue weighted by atomic mass is 9.33. The molecule has 0 fully saturated rings. The van der Waals surface area contributed by atoms with Crippen LogP contribution in [0, 0.1) is 6.85 Å². The summed E-state index contributed by atoms with van der Waals surface area (Å²) >= 11 is 0. The van der Waals surface area contributed by atoms with E-state index in [1.165, 1.54) is 44.3 Å². The fourth-order valence-corrected chi connectivity index (χ4v) is 11.5. The Labute approximate surface area is 395 Å². The first kappa shape index (κ1) is 39.6. The Balaban J connectivity index is 1.34. The van der Waals surface area contributed by atoms with Gasteiger partial charge in [0.1, 0.15) is 0 Å². The van der Waals surface area contributed by atoms with Gasteiger partial charge in [-0.3, -0.25) is 0 Å². The largest absolute Gasteiger partial charge is 0.311 e. The number of nitrogens with zero attached hydrogens (tertiary/aromatic N) is 2. The van der Waals surface area contributed by atoms with Crippen LogP contribution in [0.4, 0.5) is 34.1 Å². The second-order valence-electron chi connectivity index (χ2n) is 23.7. The van der Waals surface area contributed by atoms with Crippen LogP contribution in [0.15, 0.2) is 140 Å². The normalized spacial score (nSPS) is 16.8. The second-order valence-corrected chi connectivity index (χ2v) is 23.7. The van der Waals surface area contributed by atoms with Crippen LogP contribution in [-0.4, -0.2) is 6.71 Å². The van der Waals surface area contributed by atoms with E-state index in [2.05, 4.69) is 227 Å². The standard InChI is InChI=1S/C62H67BN2/c1-39-32-55-57-56(33-39)65(52-30-26-44(59(5,6)7)34-47(52)42-22-20-41(21-23-42)40-18-16-15-17-19-40)54-37-49-48(61(11,12)38-62(49,13)14)36-51(54)63(57)50-35-45(60(8,9)10)27-31-53(50)64(55)46-28-24-43(25-29-46)58(2,3)4/h15-37H,38H2,1-14H3/i1D3. The average molecular weight is 854 g/mol. The summed E-state index contributed by atoms with van der Waals surface area (Å²) in [6, 6.07) is 51.5. The zero-order valence-electron chi connectivity index (χ0n) is 44.0. The summed E-state index contributed by atoms with van der Waals surface area (Å²) < 4.78 is 27.3. The first-order chi connectivity index (χ1) is 31.7. The SMILES string of the molecule is [2H]C([2H])([2H])c1cc2c3c(c1)N(c1ccc(C(C)(C)C)cc1-c1ccc(-c4ccccc4)cc1)c1cc4c(cc1B3c1cc(C(C)(C)C)ccc1N2c1ccc(C(C)(C)C)cc1)C(C)(C)CC4(C)C. The third-order valence-corrected chi connectivity index (χ3v) is 14.8. The highest BCUT2D eigenvalue weighted by Crippen LogP contribution is 2.54. The molecule has 10 rings (SSSR count). The van der Waals surface area contributed by atoms with Crippen molar-refractivity contribution in [2.45, 2.75) is 130 Å². The molecule has 0 bridgehead atoms. The highest BCUT2D eigenvalue weighted by Gasteiger charge is 2.48. The van der Waals surface area contributed by atoms with E-state index >= 15 is 0 Å². The molecule has 7 aromatic carbocycles. The van der Waals surface area contributed by atoms with Crippen molar-refractivity contribution in [1.29, 1.82) is 0 Å². The van der Waals surface area contributed by atoms with Crippen LogP contribution in [0.5, 0.6) is 0 Å². The summed E-state index contributed by atoms with van der Waals surface area (Å²) in [5.74, 6) is 0. The Kier molecular flexibility index (Phi) is 8.89. The van der Waals surface area contributed by atoms with Crippen molar-refractivity contribution in [2.24, 2.45) is 0 Å². The van der Waals surface area contributed by atoms with Crippen LogP contribution in [0.25, 0.3) is 22.3 Å². The van der Waals surface area contributed by atoms with Crippen LogP contribution in [0.3, 0.4) is 0 Å². The maximum atomic E-state index is 9.11. The molecule has 0 saturated carbocycles. The minimum atomic E-state index is -2.37. The number of fused-ring (bicyclic) bond motifs is 5. The van der Waals surface area contributed by atoms with Gasteiger partial charge >= 0.3 is 0 Å². The van der Waals surface area contributed by atoms with Crippen LogP contribution in [-0.2, 0) is 27.1 Å². The van der Waals surface area contributed by atoms with Gasteiger partial charge in [0.2, 0.25) is 0 Å². The number of hydrogen-bond donors (Lipinski definition) is 0. The van der Waals surface area contributed by atoms with E-state index < -0.39 is 6.85 Å². The number of aryl methyl sites for hydroxylation is 1. The van der Waals surface area contributed by atoms with Gasteiger partial charge in [0.25, 0.3) is 6.71 Å². The molecule has 0 N–H and O–H groups in total. The molecule has 65 heavy (non-hydrogen) atoms. The summed E-state index contributed by atoms with van der Waals surface area (Å²) in [7, 11) is 0. The Morgan fingerprint density at radius 3 is 1.57 bits per heavy atom. The van der Waals surface area contributed by atoms with Crippen molar-refractivity contribution in [3.8, 4) is 22.3 Å². The predicted molar refractivity (Wildman–Crippen MR) is 283 cm³/mol. The lowest BCUT2D eigenvalue weighted by Crippen LogP contribution is -2.61. The summed E-state index contributed by atoms with van der Waals surface area (Å²) in [6.07, 6.45) is 1.03. The lowest BCUT2D eigenvalue weighted by molar-refractivity contribution is 0.403. The summed E-state index contributed by atoms with van der Waals surface area (Å²) in [5, 5.41) is 0. The highest BCUT2D eigenvalue weighted by molar-refractivity contribution is 7.00. The summed E-state index contributed by atoms with van der Waals surface area (Å²) in [6.45, 7) is 27.5. The smallest absolute Gasteiger partial charge is 0.252 e. The third-order valence-electron chi connectivity index (χ3n) is 14.8. The van der Waals surface area contributed by atoms with Crippen LogP contribution >= 0.6 is 0 Å². The molecule has 0 saturated heterocycles. The van der Waals surface area contributed by atoms with Crippen LogP contribution < -0.4 is 26.2 Å². The molecule has 1 aliphatic carbocycles. The van der Waals surface area contributed by atoms with Crippen molar-refractivity contribution >= 4 is 57.2 Å². The van der Waals surface area contributed by atoms with Crippen molar-refractivity contribution < 1.29 is 4.11 Å². The Bertz CT molecular complexity index is 3120. The number of anilines is 6. The Morgan fingerprint density at radius 1 is 0.462 bits per heavy atom. The predicted octanol–water partition coefficient (Wildman–Crippen LogP) is 15.3. The monoisotopic (exact) mass is 854 g/mol. The number of hydrogen-bond acceptors (Lipinski definition) is 2.